The molecule has 0 bridgehead atoms. The number of rotatable bonds is 1. The average molecular weight is 272 g/mol. The monoisotopic (exact) mass is 272 g/mol. The molecule has 0 radical (unpaired) electrons. The van der Waals surface area contributed by atoms with Crippen LogP contribution in [0.3, 0.4) is 0 Å². The lowest BCUT2D eigenvalue weighted by Crippen LogP contribution is -2.05. The molecule has 0 fully saturated rings. The molecule has 1 aliphatic carbocycles. The smallest absolute Gasteiger partial charge is 0.0105 e. The van der Waals surface area contributed by atoms with Crippen molar-refractivity contribution >= 4 is 10.8 Å². The molecule has 0 heteroatoms. The zero-order valence-corrected chi connectivity index (χ0v) is 12.5. The van der Waals surface area contributed by atoms with Gasteiger partial charge in [0.1, 0.15) is 0 Å². The molecule has 0 aromatic heterocycles. The van der Waals surface area contributed by atoms with Gasteiger partial charge in [0.15, 0.2) is 0 Å². The van der Waals surface area contributed by atoms with E-state index < -0.39 is 0 Å². The first-order valence-electron chi connectivity index (χ1n) is 7.93. The summed E-state index contributed by atoms with van der Waals surface area (Å²) in [5.41, 5.74) is 7.39. The average Bonchev–Trinajstić information content (AvgIpc) is 2.54. The minimum Gasteiger partial charge on any atom is -0.0616 e. The van der Waals surface area contributed by atoms with Gasteiger partial charge in [0.05, 0.1) is 0 Å². The second-order valence-corrected chi connectivity index (χ2v) is 6.16. The van der Waals surface area contributed by atoms with Crippen molar-refractivity contribution < 1.29 is 0 Å². The van der Waals surface area contributed by atoms with Crippen LogP contribution < -0.4 is 0 Å². The summed E-state index contributed by atoms with van der Waals surface area (Å²) in [5, 5.41) is 2.68. The zero-order chi connectivity index (χ0) is 14.2. The van der Waals surface area contributed by atoms with E-state index in [-0.39, 0.29) is 0 Å². The number of aryl methyl sites for hydroxylation is 2. The van der Waals surface area contributed by atoms with E-state index in [1.807, 2.05) is 0 Å². The van der Waals surface area contributed by atoms with Gasteiger partial charge in [0.2, 0.25) is 0 Å². The van der Waals surface area contributed by atoms with Crippen LogP contribution in [0, 0.1) is 6.92 Å². The van der Waals surface area contributed by atoms with Crippen LogP contribution in [-0.4, -0.2) is 0 Å². The Labute approximate surface area is 126 Å². The van der Waals surface area contributed by atoms with Crippen LogP contribution in [0.15, 0.2) is 54.6 Å². The summed E-state index contributed by atoms with van der Waals surface area (Å²) < 4.78 is 0. The van der Waals surface area contributed by atoms with Crippen LogP contribution >= 0.6 is 0 Å². The predicted octanol–water partition coefficient (Wildman–Crippen LogP) is 5.69. The zero-order valence-electron chi connectivity index (χ0n) is 12.5. The molecule has 0 heterocycles. The molecule has 0 nitrogen and oxygen atoms in total. The lowest BCUT2D eigenvalue weighted by atomic mass is 9.85. The molecule has 4 rings (SSSR count). The molecule has 104 valence electrons. The van der Waals surface area contributed by atoms with E-state index in [1.165, 1.54) is 53.1 Å². The molecule has 0 aliphatic heterocycles. The highest BCUT2D eigenvalue weighted by Crippen LogP contribution is 2.33. The second kappa shape index (κ2) is 5.04. The molecule has 0 N–H and O–H groups in total. The number of benzene rings is 3. The molecule has 0 unspecified atom stereocenters. The van der Waals surface area contributed by atoms with Crippen molar-refractivity contribution in [3.8, 4) is 11.1 Å². The normalized spacial score (nSPS) is 14.1. The highest BCUT2D eigenvalue weighted by atomic mass is 14.2. The van der Waals surface area contributed by atoms with Gasteiger partial charge in [-0.05, 0) is 71.2 Å². The Morgan fingerprint density at radius 1 is 0.810 bits per heavy atom. The van der Waals surface area contributed by atoms with Crippen molar-refractivity contribution in [3.05, 3.63) is 71.3 Å². The molecule has 21 heavy (non-hydrogen) atoms. The van der Waals surface area contributed by atoms with Gasteiger partial charge in [-0.15, -0.1) is 0 Å². The van der Waals surface area contributed by atoms with Crippen molar-refractivity contribution in [2.24, 2.45) is 0 Å². The highest BCUT2D eigenvalue weighted by Gasteiger charge is 2.14. The Kier molecular flexibility index (Phi) is 3.03. The number of fused-ring (bicyclic) bond motifs is 2. The predicted molar refractivity (Wildman–Crippen MR) is 90.8 cm³/mol. The summed E-state index contributed by atoms with van der Waals surface area (Å²) in [7, 11) is 0. The van der Waals surface area contributed by atoms with E-state index in [1.54, 1.807) is 11.1 Å². The van der Waals surface area contributed by atoms with Crippen LogP contribution in [0.5, 0.6) is 0 Å². The summed E-state index contributed by atoms with van der Waals surface area (Å²) in [6, 6.07) is 20.1. The molecular formula is C21H20. The van der Waals surface area contributed by atoms with Crippen LogP contribution in [0.25, 0.3) is 21.9 Å². The van der Waals surface area contributed by atoms with Gasteiger partial charge in [0.25, 0.3) is 0 Å². The third kappa shape index (κ3) is 2.15. The van der Waals surface area contributed by atoms with Gasteiger partial charge in [-0.3, -0.25) is 0 Å². The molecule has 0 saturated heterocycles. The van der Waals surface area contributed by atoms with Crippen molar-refractivity contribution in [3.63, 3.8) is 0 Å². The second-order valence-electron chi connectivity index (χ2n) is 6.16. The van der Waals surface area contributed by atoms with Gasteiger partial charge in [-0.1, -0.05) is 54.6 Å². The van der Waals surface area contributed by atoms with Crippen molar-refractivity contribution in [2.45, 2.75) is 32.6 Å². The van der Waals surface area contributed by atoms with Crippen molar-refractivity contribution in [1.82, 2.24) is 0 Å². The van der Waals surface area contributed by atoms with Crippen molar-refractivity contribution in [2.75, 3.05) is 0 Å². The third-order valence-electron chi connectivity index (χ3n) is 4.79. The topological polar surface area (TPSA) is 0 Å². The van der Waals surface area contributed by atoms with Crippen LogP contribution in [0.1, 0.15) is 29.5 Å². The van der Waals surface area contributed by atoms with E-state index in [4.69, 9.17) is 0 Å². The molecule has 1 aliphatic rings. The first kappa shape index (κ1) is 12.6. The summed E-state index contributed by atoms with van der Waals surface area (Å²) in [5.74, 6) is 0. The quantitative estimate of drug-likeness (QED) is 0.533. The van der Waals surface area contributed by atoms with Crippen LogP contribution in [0.4, 0.5) is 0 Å². The lowest BCUT2D eigenvalue weighted by molar-refractivity contribution is 0.682. The molecule has 0 atom stereocenters. The van der Waals surface area contributed by atoms with E-state index in [0.717, 1.165) is 0 Å². The van der Waals surface area contributed by atoms with Crippen LogP contribution in [-0.2, 0) is 12.8 Å². The molecular weight excluding hydrogens is 252 g/mol. The molecule has 0 spiro atoms. The Balaban J connectivity index is 1.95. The summed E-state index contributed by atoms with van der Waals surface area (Å²) in [6.45, 7) is 2.28. The molecule has 0 saturated carbocycles. The Hall–Kier alpha value is -2.08. The lowest BCUT2D eigenvalue weighted by Gasteiger charge is -2.20. The first-order valence-corrected chi connectivity index (χ1v) is 7.93. The van der Waals surface area contributed by atoms with Gasteiger partial charge in [0, 0.05) is 0 Å². The van der Waals surface area contributed by atoms with Crippen LogP contribution in [0.2, 0.25) is 0 Å². The van der Waals surface area contributed by atoms with E-state index in [2.05, 4.69) is 61.5 Å². The molecule has 3 aromatic carbocycles. The minimum absolute atomic E-state index is 1.24. The minimum atomic E-state index is 1.24. The maximum Gasteiger partial charge on any atom is -0.0105 e. The first-order chi connectivity index (χ1) is 10.3. The fourth-order valence-electron chi connectivity index (χ4n) is 3.72. The fraction of sp³-hybridized carbons (Fsp3) is 0.238. The van der Waals surface area contributed by atoms with Gasteiger partial charge in [-0.2, -0.15) is 0 Å². The van der Waals surface area contributed by atoms with E-state index >= 15 is 0 Å². The fourth-order valence-corrected chi connectivity index (χ4v) is 3.72. The maximum absolute atomic E-state index is 2.43. The standard InChI is InChI=1S/C21H20/c1-15-13-18(14-17-8-3-4-10-19(15)17)21-12-6-9-16-7-2-5-11-20(16)21/h2,5-7,9,11-14H,3-4,8,10H2,1H3. The Morgan fingerprint density at radius 2 is 1.62 bits per heavy atom. The maximum atomic E-state index is 2.43. The van der Waals surface area contributed by atoms with E-state index in [9.17, 15) is 0 Å². The van der Waals surface area contributed by atoms with Gasteiger partial charge >= 0.3 is 0 Å². The molecule has 3 aromatic rings. The highest BCUT2D eigenvalue weighted by molar-refractivity contribution is 5.96. The SMILES string of the molecule is Cc1cc(-c2cccc3ccccc23)cc2c1CCCC2. The largest absolute Gasteiger partial charge is 0.0616 e. The summed E-state index contributed by atoms with van der Waals surface area (Å²) in [4.78, 5) is 0. The van der Waals surface area contributed by atoms with Crippen molar-refractivity contribution in [1.29, 1.82) is 0 Å². The van der Waals surface area contributed by atoms with Gasteiger partial charge < -0.3 is 0 Å². The summed E-state index contributed by atoms with van der Waals surface area (Å²) in [6.07, 6.45) is 5.19. The third-order valence-corrected chi connectivity index (χ3v) is 4.79. The number of hydrogen-bond donors (Lipinski definition) is 0. The number of hydrogen-bond acceptors (Lipinski definition) is 0. The Morgan fingerprint density at radius 3 is 2.57 bits per heavy atom. The Bertz CT molecular complexity index is 806. The van der Waals surface area contributed by atoms with E-state index in [0.29, 0.717) is 0 Å². The summed E-state index contributed by atoms with van der Waals surface area (Å²) >= 11 is 0. The molecule has 0 amide bonds. The van der Waals surface area contributed by atoms with Gasteiger partial charge in [-0.25, -0.2) is 0 Å².